The van der Waals surface area contributed by atoms with Crippen molar-refractivity contribution in [1.29, 1.82) is 0 Å². The molecule has 0 aliphatic carbocycles. The highest BCUT2D eigenvalue weighted by Crippen LogP contribution is 2.29. The van der Waals surface area contributed by atoms with E-state index in [0.717, 1.165) is 66.2 Å². The van der Waals surface area contributed by atoms with E-state index in [4.69, 9.17) is 13.9 Å². The Morgan fingerprint density at radius 3 is 2.18 bits per heavy atom. The van der Waals surface area contributed by atoms with Gasteiger partial charge in [-0.25, -0.2) is 4.98 Å². The molecule has 0 fully saturated rings. The van der Waals surface area contributed by atoms with Crippen molar-refractivity contribution in [3.8, 4) is 23.0 Å². The Balaban J connectivity index is 1.43. The van der Waals surface area contributed by atoms with E-state index in [-0.39, 0.29) is 0 Å². The predicted octanol–water partition coefficient (Wildman–Crippen LogP) is 6.92. The molecule has 0 amide bonds. The van der Waals surface area contributed by atoms with Crippen molar-refractivity contribution in [1.82, 2.24) is 4.98 Å². The zero-order valence-electron chi connectivity index (χ0n) is 21.0. The van der Waals surface area contributed by atoms with E-state index in [0.29, 0.717) is 37.7 Å². The topological polar surface area (TPSA) is 61.6 Å². The maximum atomic E-state index is 12.4. The number of benzene rings is 2. The number of aromatic nitrogens is 1. The lowest BCUT2D eigenvalue weighted by Gasteiger charge is -2.12. The fourth-order valence-electron chi connectivity index (χ4n) is 3.99. The molecule has 0 spiro atoms. The van der Waals surface area contributed by atoms with Gasteiger partial charge in [-0.15, -0.1) is 0 Å². The van der Waals surface area contributed by atoms with E-state index in [1.807, 2.05) is 32.9 Å². The Kier molecular flexibility index (Phi) is 9.75. The van der Waals surface area contributed by atoms with Crippen LogP contribution in [0.1, 0.15) is 69.0 Å². The van der Waals surface area contributed by atoms with Crippen LogP contribution in [0.25, 0.3) is 11.5 Å². The van der Waals surface area contributed by atoms with Gasteiger partial charge in [0.2, 0.25) is 5.89 Å². The van der Waals surface area contributed by atoms with Crippen molar-refractivity contribution in [3.05, 3.63) is 65.0 Å². The predicted molar refractivity (Wildman–Crippen MR) is 136 cm³/mol. The molecule has 0 atom stereocenters. The van der Waals surface area contributed by atoms with E-state index in [1.165, 1.54) is 5.56 Å². The van der Waals surface area contributed by atoms with Crippen LogP contribution in [0.5, 0.6) is 11.5 Å². The smallest absolute Gasteiger partial charge is 0.226 e. The third-order valence-electron chi connectivity index (χ3n) is 5.90. The Bertz CT molecular complexity index is 1050. The number of hydrogen-bond acceptors (Lipinski definition) is 5. The fourth-order valence-corrected chi connectivity index (χ4v) is 3.99. The van der Waals surface area contributed by atoms with Gasteiger partial charge in [-0.2, -0.15) is 0 Å². The second-order valence-corrected chi connectivity index (χ2v) is 8.47. The summed E-state index contributed by atoms with van der Waals surface area (Å²) in [5.41, 5.74) is 4.39. The van der Waals surface area contributed by atoms with Crippen molar-refractivity contribution in [3.63, 3.8) is 0 Å². The van der Waals surface area contributed by atoms with Crippen LogP contribution in [0.2, 0.25) is 0 Å². The van der Waals surface area contributed by atoms with Crippen LogP contribution in [-0.4, -0.2) is 24.0 Å². The summed E-state index contributed by atoms with van der Waals surface area (Å²) in [7, 11) is 0. The van der Waals surface area contributed by atoms with E-state index in [2.05, 4.69) is 42.2 Å². The molecular weight excluding hydrogens is 426 g/mol. The molecule has 0 saturated carbocycles. The van der Waals surface area contributed by atoms with Crippen LogP contribution in [0, 0.1) is 6.92 Å². The van der Waals surface area contributed by atoms with Crippen LogP contribution in [0.15, 0.2) is 46.9 Å². The van der Waals surface area contributed by atoms with Crippen LogP contribution in [-0.2, 0) is 24.1 Å². The first-order valence-electron chi connectivity index (χ1n) is 12.5. The molecule has 0 saturated heterocycles. The average Bonchev–Trinajstić information content (AvgIpc) is 3.21. The summed E-state index contributed by atoms with van der Waals surface area (Å²) in [5.74, 6) is 3.34. The minimum atomic E-state index is 0.299. The molecule has 0 radical (unpaired) electrons. The summed E-state index contributed by atoms with van der Waals surface area (Å²) >= 11 is 0. The number of nitrogens with zero attached hydrogens (tertiary/aromatic N) is 1. The molecule has 2 aromatic carbocycles. The van der Waals surface area contributed by atoms with Gasteiger partial charge in [0.1, 0.15) is 11.5 Å². The molecule has 0 unspecified atom stereocenters. The molecule has 3 aromatic rings. The zero-order valence-corrected chi connectivity index (χ0v) is 21.0. The van der Waals surface area contributed by atoms with Crippen LogP contribution >= 0.6 is 0 Å². The highest BCUT2D eigenvalue weighted by molar-refractivity contribution is 5.78. The Morgan fingerprint density at radius 2 is 1.50 bits per heavy atom. The lowest BCUT2D eigenvalue weighted by molar-refractivity contribution is -0.119. The molecule has 1 heterocycles. The van der Waals surface area contributed by atoms with Gasteiger partial charge in [0, 0.05) is 18.4 Å². The molecule has 34 heavy (non-hydrogen) atoms. The minimum Gasteiger partial charge on any atom is -0.490 e. The minimum absolute atomic E-state index is 0.299. The fraction of sp³-hybridized carbons (Fsp3) is 0.448. The number of rotatable bonds is 14. The second-order valence-electron chi connectivity index (χ2n) is 8.47. The molecule has 182 valence electrons. The standard InChI is InChI=1S/C29H37NO4/c1-5-22-14-17-24(18-15-22)29-30-26(21(4)34-29)13-9-12-25(31)11-8-10-23-16-19-27(32-6-2)28(20-23)33-7-3/h14-20H,5-13H2,1-4H3. The highest BCUT2D eigenvalue weighted by atomic mass is 16.5. The lowest BCUT2D eigenvalue weighted by atomic mass is 10.0. The van der Waals surface area contributed by atoms with Crippen molar-refractivity contribution >= 4 is 5.78 Å². The number of hydrogen-bond donors (Lipinski definition) is 0. The number of aryl methyl sites for hydroxylation is 4. The number of carbonyl (C=O) groups excluding carboxylic acids is 1. The molecular formula is C29H37NO4. The van der Waals surface area contributed by atoms with Gasteiger partial charge in [-0.3, -0.25) is 4.79 Å². The van der Waals surface area contributed by atoms with E-state index < -0.39 is 0 Å². The normalized spacial score (nSPS) is 10.9. The highest BCUT2D eigenvalue weighted by Gasteiger charge is 2.13. The van der Waals surface area contributed by atoms with Crippen molar-refractivity contribution in [2.75, 3.05) is 13.2 Å². The van der Waals surface area contributed by atoms with Gasteiger partial charge in [-0.1, -0.05) is 25.1 Å². The third kappa shape index (κ3) is 7.21. The number of Topliss-reactive ketones (excluding diaryl/α,β-unsaturated/α-hetero) is 1. The third-order valence-corrected chi connectivity index (χ3v) is 5.90. The molecule has 0 aliphatic heterocycles. The molecule has 5 heteroatoms. The van der Waals surface area contributed by atoms with Crippen molar-refractivity contribution in [2.24, 2.45) is 0 Å². The average molecular weight is 464 g/mol. The van der Waals surface area contributed by atoms with Gasteiger partial charge in [0.05, 0.1) is 18.9 Å². The van der Waals surface area contributed by atoms with Crippen molar-refractivity contribution < 1.29 is 18.7 Å². The van der Waals surface area contributed by atoms with E-state index in [1.54, 1.807) is 0 Å². The summed E-state index contributed by atoms with van der Waals surface area (Å²) in [6.45, 7) is 9.22. The first-order valence-corrected chi connectivity index (χ1v) is 12.5. The monoisotopic (exact) mass is 463 g/mol. The first-order chi connectivity index (χ1) is 16.5. The Morgan fingerprint density at radius 1 is 0.853 bits per heavy atom. The molecule has 0 aliphatic rings. The van der Waals surface area contributed by atoms with E-state index in [9.17, 15) is 4.79 Å². The second kappa shape index (κ2) is 13.0. The van der Waals surface area contributed by atoms with Gasteiger partial charge in [0.15, 0.2) is 11.5 Å². The molecule has 3 rings (SSSR count). The Labute approximate surface area is 203 Å². The molecule has 0 bridgehead atoms. The summed E-state index contributed by atoms with van der Waals surface area (Å²) in [5, 5.41) is 0. The number of oxazole rings is 1. The van der Waals surface area contributed by atoms with E-state index >= 15 is 0 Å². The van der Waals surface area contributed by atoms with Gasteiger partial charge in [-0.05, 0) is 88.3 Å². The number of ketones is 1. The molecule has 0 N–H and O–H groups in total. The van der Waals surface area contributed by atoms with Crippen LogP contribution < -0.4 is 9.47 Å². The summed E-state index contributed by atoms with van der Waals surface area (Å²) in [6.07, 6.45) is 5.39. The summed E-state index contributed by atoms with van der Waals surface area (Å²) in [6, 6.07) is 14.4. The first kappa shape index (κ1) is 25.5. The van der Waals surface area contributed by atoms with Gasteiger partial charge in [0.25, 0.3) is 0 Å². The number of carbonyl (C=O) groups is 1. The largest absolute Gasteiger partial charge is 0.490 e. The quantitative estimate of drug-likeness (QED) is 0.259. The maximum Gasteiger partial charge on any atom is 0.226 e. The van der Waals surface area contributed by atoms with Crippen LogP contribution in [0.3, 0.4) is 0 Å². The number of ether oxygens (including phenoxy) is 2. The van der Waals surface area contributed by atoms with Gasteiger partial charge < -0.3 is 13.9 Å². The van der Waals surface area contributed by atoms with Gasteiger partial charge >= 0.3 is 0 Å². The SMILES string of the molecule is CCOc1ccc(CCCC(=O)CCCc2nc(-c3ccc(CC)cc3)oc2C)cc1OCC. The zero-order chi connectivity index (χ0) is 24.3. The summed E-state index contributed by atoms with van der Waals surface area (Å²) < 4.78 is 17.2. The Hall–Kier alpha value is -3.08. The molecule has 1 aromatic heterocycles. The van der Waals surface area contributed by atoms with Crippen molar-refractivity contribution in [2.45, 2.75) is 72.6 Å². The maximum absolute atomic E-state index is 12.4. The molecule has 5 nitrogen and oxygen atoms in total. The summed E-state index contributed by atoms with van der Waals surface area (Å²) in [4.78, 5) is 17.1. The lowest BCUT2D eigenvalue weighted by Crippen LogP contribution is -2.02. The van der Waals surface area contributed by atoms with Crippen LogP contribution in [0.4, 0.5) is 0 Å².